The molecule has 3 rings (SSSR count). The van der Waals surface area contributed by atoms with Crippen molar-refractivity contribution in [2.24, 2.45) is 0 Å². The normalized spacial score (nSPS) is 12.6. The molecule has 21 heavy (non-hydrogen) atoms. The average molecular weight is 296 g/mol. The van der Waals surface area contributed by atoms with Gasteiger partial charge in [0.15, 0.2) is 0 Å². The van der Waals surface area contributed by atoms with E-state index in [1.54, 1.807) is 0 Å². The molecule has 1 heterocycles. The molecule has 0 radical (unpaired) electrons. The molecule has 0 aliphatic heterocycles. The summed E-state index contributed by atoms with van der Waals surface area (Å²) in [6, 6.07) is 19.5. The molecule has 3 heteroatoms. The quantitative estimate of drug-likeness (QED) is 0.720. The number of aromatic nitrogens is 1. The lowest BCUT2D eigenvalue weighted by Crippen LogP contribution is -2.16. The molecule has 0 spiro atoms. The zero-order chi connectivity index (χ0) is 14.5. The summed E-state index contributed by atoms with van der Waals surface area (Å²) in [5.74, 6) is 0. The van der Waals surface area contributed by atoms with Crippen LogP contribution >= 0.6 is 11.3 Å². The van der Waals surface area contributed by atoms with Crippen LogP contribution in [0.25, 0.3) is 10.2 Å². The Morgan fingerprint density at radius 2 is 1.81 bits per heavy atom. The third kappa shape index (κ3) is 3.49. The first kappa shape index (κ1) is 14.2. The van der Waals surface area contributed by atoms with Gasteiger partial charge in [-0.3, -0.25) is 0 Å². The molecule has 0 aliphatic carbocycles. The summed E-state index contributed by atoms with van der Waals surface area (Å²) >= 11 is 1.82. The summed E-state index contributed by atoms with van der Waals surface area (Å²) in [6.45, 7) is 0. The van der Waals surface area contributed by atoms with Crippen LogP contribution in [-0.2, 0) is 6.42 Å². The number of nitrogens with one attached hydrogen (secondary N) is 1. The second-order valence-electron chi connectivity index (χ2n) is 5.22. The van der Waals surface area contributed by atoms with Gasteiger partial charge in [0.25, 0.3) is 0 Å². The molecule has 3 aromatic rings. The first-order valence-electron chi connectivity index (χ1n) is 7.43. The van der Waals surface area contributed by atoms with Crippen LogP contribution < -0.4 is 5.32 Å². The second-order valence-corrected chi connectivity index (χ2v) is 6.33. The van der Waals surface area contributed by atoms with Crippen LogP contribution in [-0.4, -0.2) is 12.0 Å². The summed E-state index contributed by atoms with van der Waals surface area (Å²) < 4.78 is 1.29. The van der Waals surface area contributed by atoms with Gasteiger partial charge in [-0.2, -0.15) is 0 Å². The molecule has 1 N–H and O–H groups in total. The Kier molecular flexibility index (Phi) is 4.63. The highest BCUT2D eigenvalue weighted by atomic mass is 32.1. The maximum atomic E-state index is 4.71. The largest absolute Gasteiger partial charge is 0.313 e. The Balaban J connectivity index is 1.60. The standard InChI is InChI=1S/C18H20N2S/c1-19-15(14-8-3-2-4-9-14)11-7-13-18-20-16-10-5-6-12-17(16)21-18/h2-6,8-10,12,15,19H,7,11,13H2,1H3. The van der Waals surface area contributed by atoms with E-state index in [1.165, 1.54) is 15.3 Å². The van der Waals surface area contributed by atoms with Gasteiger partial charge in [0.05, 0.1) is 15.2 Å². The molecule has 0 aliphatic rings. The highest BCUT2D eigenvalue weighted by Crippen LogP contribution is 2.24. The van der Waals surface area contributed by atoms with Gasteiger partial charge in [-0.15, -0.1) is 11.3 Å². The number of fused-ring (bicyclic) bond motifs is 1. The Morgan fingerprint density at radius 1 is 1.05 bits per heavy atom. The molecule has 2 nitrogen and oxygen atoms in total. The summed E-state index contributed by atoms with van der Waals surface area (Å²) in [4.78, 5) is 4.71. The molecule has 0 amide bonds. The topological polar surface area (TPSA) is 24.9 Å². The van der Waals surface area contributed by atoms with Crippen molar-refractivity contribution >= 4 is 21.6 Å². The molecule has 0 saturated carbocycles. The average Bonchev–Trinajstić information content (AvgIpc) is 2.95. The minimum Gasteiger partial charge on any atom is -0.313 e. The van der Waals surface area contributed by atoms with Crippen molar-refractivity contribution in [3.63, 3.8) is 0 Å². The fraction of sp³-hybridized carbons (Fsp3) is 0.278. The van der Waals surface area contributed by atoms with Gasteiger partial charge < -0.3 is 5.32 Å². The lowest BCUT2D eigenvalue weighted by atomic mass is 10.0. The predicted molar refractivity (Wildman–Crippen MR) is 90.8 cm³/mol. The number of aryl methyl sites for hydroxylation is 1. The van der Waals surface area contributed by atoms with Crippen LogP contribution in [0.2, 0.25) is 0 Å². The lowest BCUT2D eigenvalue weighted by molar-refractivity contribution is 0.527. The zero-order valence-corrected chi connectivity index (χ0v) is 13.1. The van der Waals surface area contributed by atoms with Gasteiger partial charge in [-0.05, 0) is 44.0 Å². The Bertz CT molecular complexity index is 658. The Morgan fingerprint density at radius 3 is 2.57 bits per heavy atom. The number of para-hydroxylation sites is 1. The van der Waals surface area contributed by atoms with Crippen LogP contribution in [0, 0.1) is 0 Å². The summed E-state index contributed by atoms with van der Waals surface area (Å²) in [5.41, 5.74) is 2.50. The minimum absolute atomic E-state index is 0.431. The maximum absolute atomic E-state index is 4.71. The molecule has 1 aromatic heterocycles. The molecular formula is C18H20N2S. The van der Waals surface area contributed by atoms with Crippen molar-refractivity contribution in [2.75, 3.05) is 7.05 Å². The number of rotatable bonds is 6. The SMILES string of the molecule is CNC(CCCc1nc2ccccc2s1)c1ccccc1. The number of benzene rings is 2. The molecule has 2 aromatic carbocycles. The maximum Gasteiger partial charge on any atom is 0.0938 e. The molecule has 108 valence electrons. The van der Waals surface area contributed by atoms with Crippen molar-refractivity contribution in [1.82, 2.24) is 10.3 Å². The first-order chi connectivity index (χ1) is 10.4. The molecule has 0 fully saturated rings. The highest BCUT2D eigenvalue weighted by molar-refractivity contribution is 7.18. The van der Waals surface area contributed by atoms with Crippen molar-refractivity contribution in [3.05, 3.63) is 65.2 Å². The third-order valence-corrected chi connectivity index (χ3v) is 4.87. The monoisotopic (exact) mass is 296 g/mol. The number of hydrogen-bond acceptors (Lipinski definition) is 3. The van der Waals surface area contributed by atoms with Crippen molar-refractivity contribution in [2.45, 2.75) is 25.3 Å². The van der Waals surface area contributed by atoms with E-state index in [1.807, 2.05) is 18.4 Å². The Hall–Kier alpha value is -1.71. The lowest BCUT2D eigenvalue weighted by Gasteiger charge is -2.16. The minimum atomic E-state index is 0.431. The fourth-order valence-corrected chi connectivity index (χ4v) is 3.66. The van der Waals surface area contributed by atoms with Gasteiger partial charge in [0.2, 0.25) is 0 Å². The van der Waals surface area contributed by atoms with Crippen LogP contribution in [0.1, 0.15) is 29.5 Å². The van der Waals surface area contributed by atoms with E-state index in [4.69, 9.17) is 4.98 Å². The van der Waals surface area contributed by atoms with E-state index in [9.17, 15) is 0 Å². The second kappa shape index (κ2) is 6.83. The van der Waals surface area contributed by atoms with Gasteiger partial charge in [-0.1, -0.05) is 42.5 Å². The number of nitrogens with zero attached hydrogens (tertiary/aromatic N) is 1. The van der Waals surface area contributed by atoms with Crippen molar-refractivity contribution < 1.29 is 0 Å². The van der Waals surface area contributed by atoms with E-state index in [0.717, 1.165) is 24.8 Å². The van der Waals surface area contributed by atoms with Crippen LogP contribution in [0.4, 0.5) is 0 Å². The van der Waals surface area contributed by atoms with E-state index in [2.05, 4.69) is 59.9 Å². The molecule has 0 bridgehead atoms. The molecule has 1 atom stereocenters. The first-order valence-corrected chi connectivity index (χ1v) is 8.25. The van der Waals surface area contributed by atoms with Crippen molar-refractivity contribution in [3.8, 4) is 0 Å². The van der Waals surface area contributed by atoms with E-state index in [0.29, 0.717) is 6.04 Å². The van der Waals surface area contributed by atoms with E-state index >= 15 is 0 Å². The molecular weight excluding hydrogens is 276 g/mol. The summed E-state index contributed by atoms with van der Waals surface area (Å²) in [7, 11) is 2.04. The Labute approximate surface area is 129 Å². The molecule has 0 saturated heterocycles. The van der Waals surface area contributed by atoms with Gasteiger partial charge in [0, 0.05) is 6.04 Å². The van der Waals surface area contributed by atoms with Crippen LogP contribution in [0.5, 0.6) is 0 Å². The number of thiazole rings is 1. The summed E-state index contributed by atoms with van der Waals surface area (Å²) in [5, 5.41) is 4.66. The van der Waals surface area contributed by atoms with Gasteiger partial charge in [-0.25, -0.2) is 4.98 Å². The van der Waals surface area contributed by atoms with E-state index in [-0.39, 0.29) is 0 Å². The predicted octanol–water partition coefficient (Wildman–Crippen LogP) is 4.58. The third-order valence-electron chi connectivity index (χ3n) is 3.77. The summed E-state index contributed by atoms with van der Waals surface area (Å²) in [6.07, 6.45) is 3.35. The highest BCUT2D eigenvalue weighted by Gasteiger charge is 2.09. The van der Waals surface area contributed by atoms with Crippen molar-refractivity contribution in [1.29, 1.82) is 0 Å². The van der Waals surface area contributed by atoms with Gasteiger partial charge >= 0.3 is 0 Å². The van der Waals surface area contributed by atoms with Gasteiger partial charge in [0.1, 0.15) is 0 Å². The molecule has 1 unspecified atom stereocenters. The van der Waals surface area contributed by atoms with Crippen LogP contribution in [0.3, 0.4) is 0 Å². The zero-order valence-electron chi connectivity index (χ0n) is 12.3. The number of hydrogen-bond donors (Lipinski definition) is 1. The van der Waals surface area contributed by atoms with Crippen LogP contribution in [0.15, 0.2) is 54.6 Å². The fourth-order valence-electron chi connectivity index (χ4n) is 2.65. The smallest absolute Gasteiger partial charge is 0.0938 e. The van der Waals surface area contributed by atoms with E-state index < -0.39 is 0 Å².